The molecule has 0 unspecified atom stereocenters. The number of guanidine groups is 1. The second kappa shape index (κ2) is 5.37. The molecule has 8 heteroatoms. The Kier molecular flexibility index (Phi) is 3.83. The first-order chi connectivity index (χ1) is 7.18. The lowest BCUT2D eigenvalue weighted by molar-refractivity contribution is -0.525. The highest BCUT2D eigenvalue weighted by Gasteiger charge is 1.97. The molecule has 0 atom stereocenters. The van der Waals surface area contributed by atoms with Gasteiger partial charge in [0.2, 0.25) is 0 Å². The topological polar surface area (TPSA) is 118 Å². The maximum atomic E-state index is 9.94. The third kappa shape index (κ3) is 4.41. The van der Waals surface area contributed by atoms with Gasteiger partial charge in [-0.15, -0.1) is 5.10 Å². The van der Waals surface area contributed by atoms with E-state index in [1.807, 2.05) is 0 Å². The maximum absolute atomic E-state index is 9.94. The summed E-state index contributed by atoms with van der Waals surface area (Å²) in [6.45, 7) is 0.419. The van der Waals surface area contributed by atoms with Gasteiger partial charge in [0, 0.05) is 12.4 Å². The van der Waals surface area contributed by atoms with Crippen LogP contribution in [-0.2, 0) is 6.54 Å². The average molecular weight is 210 g/mol. The van der Waals surface area contributed by atoms with Crippen molar-refractivity contribution in [3.63, 3.8) is 0 Å². The molecule has 1 heterocycles. The van der Waals surface area contributed by atoms with Gasteiger partial charge in [-0.3, -0.25) is 4.98 Å². The lowest BCUT2D eigenvalue weighted by Crippen LogP contribution is -2.37. The molecule has 0 aromatic carbocycles. The number of hydrazone groups is 1. The predicted octanol–water partition coefficient (Wildman–Crippen LogP) is -0.818. The van der Waals surface area contributed by atoms with Crippen molar-refractivity contribution in [3.8, 4) is 0 Å². The largest absolute Gasteiger partial charge is 0.364 e. The zero-order chi connectivity index (χ0) is 11.1. The van der Waals surface area contributed by atoms with Gasteiger partial charge < -0.3 is 11.2 Å². The molecule has 0 aliphatic rings. The molecule has 8 nitrogen and oxygen atoms in total. The molecule has 0 spiro atoms. The van der Waals surface area contributed by atoms with Gasteiger partial charge in [-0.1, -0.05) is 5.43 Å². The number of hydrogen-bond acceptors (Lipinski definition) is 5. The molecule has 0 bridgehead atoms. The Labute approximate surface area is 85.3 Å². The molecule has 0 aliphatic heterocycles. The summed E-state index contributed by atoms with van der Waals surface area (Å²) in [6.07, 6.45) is 3.28. The van der Waals surface area contributed by atoms with Crippen LogP contribution in [0, 0.1) is 10.1 Å². The van der Waals surface area contributed by atoms with Crippen LogP contribution in [0.3, 0.4) is 0 Å². The zero-order valence-electron chi connectivity index (χ0n) is 7.75. The van der Waals surface area contributed by atoms with Gasteiger partial charge in [0.25, 0.3) is 5.96 Å². The van der Waals surface area contributed by atoms with Crippen molar-refractivity contribution in [2.45, 2.75) is 6.54 Å². The van der Waals surface area contributed by atoms with Gasteiger partial charge in [0.1, 0.15) is 0 Å². The molecule has 80 valence electrons. The normalized spacial score (nSPS) is 10.8. The van der Waals surface area contributed by atoms with E-state index >= 15 is 0 Å². The Morgan fingerprint density at radius 1 is 1.60 bits per heavy atom. The number of hydrogen-bond donors (Lipinski definition) is 3. The Balaban J connectivity index is 2.35. The average Bonchev–Trinajstić information content (AvgIpc) is 2.18. The number of nitrogens with zero attached hydrogens (tertiary/aromatic N) is 3. The minimum absolute atomic E-state index is 0.297. The second-order valence-corrected chi connectivity index (χ2v) is 2.56. The van der Waals surface area contributed by atoms with Crippen LogP contribution in [0.2, 0.25) is 0 Å². The quantitative estimate of drug-likeness (QED) is 0.258. The zero-order valence-corrected chi connectivity index (χ0v) is 7.75. The summed E-state index contributed by atoms with van der Waals surface area (Å²) in [6, 6.07) is 3.58. The van der Waals surface area contributed by atoms with Gasteiger partial charge in [-0.2, -0.15) is 0 Å². The fourth-order valence-electron chi connectivity index (χ4n) is 0.835. The predicted molar refractivity (Wildman–Crippen MR) is 52.8 cm³/mol. The van der Waals surface area contributed by atoms with Crippen molar-refractivity contribution in [2.24, 2.45) is 10.8 Å². The lowest BCUT2D eigenvalue weighted by Gasteiger charge is -2.00. The van der Waals surface area contributed by atoms with Crippen molar-refractivity contribution in [1.29, 1.82) is 0 Å². The SMILES string of the molecule is NC(=NNCc1ccncc1)N[N+](=O)[O-]. The van der Waals surface area contributed by atoms with E-state index in [9.17, 15) is 10.1 Å². The molecular formula is C7H10N6O2. The number of rotatable bonds is 4. The number of nitro groups is 1. The fourth-order valence-corrected chi connectivity index (χ4v) is 0.835. The molecule has 0 aliphatic carbocycles. The summed E-state index contributed by atoms with van der Waals surface area (Å²) in [5, 5.41) is 12.7. The van der Waals surface area contributed by atoms with Gasteiger partial charge in [0.15, 0.2) is 5.03 Å². The number of nitrogens with two attached hydrogens (primary N) is 1. The van der Waals surface area contributed by atoms with Crippen LogP contribution in [0.25, 0.3) is 0 Å². The van der Waals surface area contributed by atoms with Crippen molar-refractivity contribution in [1.82, 2.24) is 15.8 Å². The number of hydrazine groups is 1. The summed E-state index contributed by atoms with van der Waals surface area (Å²) in [5.41, 5.74) is 10.4. The molecule has 1 aromatic heterocycles. The van der Waals surface area contributed by atoms with Crippen LogP contribution < -0.4 is 16.6 Å². The number of aromatic nitrogens is 1. The highest BCUT2D eigenvalue weighted by molar-refractivity contribution is 5.76. The van der Waals surface area contributed by atoms with E-state index in [1.165, 1.54) is 0 Å². The molecule has 0 saturated heterocycles. The van der Waals surface area contributed by atoms with Crippen LogP contribution in [0.4, 0.5) is 0 Å². The maximum Gasteiger partial charge on any atom is 0.272 e. The van der Waals surface area contributed by atoms with E-state index in [4.69, 9.17) is 5.73 Å². The van der Waals surface area contributed by atoms with Crippen LogP contribution in [0.1, 0.15) is 5.56 Å². The molecule has 0 radical (unpaired) electrons. The minimum atomic E-state index is -0.785. The Morgan fingerprint density at radius 3 is 2.87 bits per heavy atom. The molecular weight excluding hydrogens is 200 g/mol. The van der Waals surface area contributed by atoms with Gasteiger partial charge >= 0.3 is 0 Å². The van der Waals surface area contributed by atoms with E-state index in [-0.39, 0.29) is 5.96 Å². The summed E-state index contributed by atoms with van der Waals surface area (Å²) >= 11 is 0. The Bertz CT molecular complexity index is 352. The van der Waals surface area contributed by atoms with Gasteiger partial charge in [0.05, 0.1) is 6.54 Å². The standard InChI is InChI=1S/C7H10N6O2/c8-7(12-13(14)15)11-10-5-6-1-3-9-4-2-6/h1-4,10H,5H2,(H3,8,11,12). The number of pyridine rings is 1. The van der Waals surface area contributed by atoms with Crippen molar-refractivity contribution in [2.75, 3.05) is 0 Å². The highest BCUT2D eigenvalue weighted by atomic mass is 16.7. The van der Waals surface area contributed by atoms with E-state index in [0.29, 0.717) is 6.54 Å². The van der Waals surface area contributed by atoms with E-state index < -0.39 is 5.03 Å². The molecule has 0 amide bonds. The summed E-state index contributed by atoms with van der Waals surface area (Å²) < 4.78 is 0. The second-order valence-electron chi connectivity index (χ2n) is 2.56. The fraction of sp³-hybridized carbons (Fsp3) is 0.143. The first-order valence-electron chi connectivity index (χ1n) is 4.04. The Hall–Kier alpha value is -2.38. The summed E-state index contributed by atoms with van der Waals surface area (Å²) in [7, 11) is 0. The highest BCUT2D eigenvalue weighted by Crippen LogP contribution is 1.93. The first kappa shape index (κ1) is 10.7. The minimum Gasteiger partial charge on any atom is -0.364 e. The monoisotopic (exact) mass is 210 g/mol. The smallest absolute Gasteiger partial charge is 0.272 e. The van der Waals surface area contributed by atoms with Crippen molar-refractivity contribution in [3.05, 3.63) is 40.2 Å². The van der Waals surface area contributed by atoms with Crippen LogP contribution in [0.15, 0.2) is 29.6 Å². The Morgan fingerprint density at radius 2 is 2.27 bits per heavy atom. The van der Waals surface area contributed by atoms with Crippen LogP contribution in [0.5, 0.6) is 0 Å². The summed E-state index contributed by atoms with van der Waals surface area (Å²) in [5.74, 6) is -0.297. The van der Waals surface area contributed by atoms with Crippen LogP contribution in [-0.4, -0.2) is 16.0 Å². The van der Waals surface area contributed by atoms with Crippen molar-refractivity contribution >= 4 is 5.96 Å². The van der Waals surface area contributed by atoms with Crippen molar-refractivity contribution < 1.29 is 5.03 Å². The third-order valence-electron chi connectivity index (χ3n) is 1.44. The van der Waals surface area contributed by atoms with Crippen LogP contribution >= 0.6 is 0 Å². The molecule has 0 saturated carbocycles. The van der Waals surface area contributed by atoms with E-state index in [1.54, 1.807) is 30.0 Å². The lowest BCUT2D eigenvalue weighted by atomic mass is 10.3. The van der Waals surface area contributed by atoms with Gasteiger partial charge in [-0.05, 0) is 17.7 Å². The molecule has 1 aromatic rings. The molecule has 15 heavy (non-hydrogen) atoms. The van der Waals surface area contributed by atoms with Gasteiger partial charge in [-0.25, -0.2) is 10.1 Å². The molecule has 0 fully saturated rings. The van der Waals surface area contributed by atoms with E-state index in [0.717, 1.165) is 5.56 Å². The molecule has 1 rings (SSSR count). The molecule has 4 N–H and O–H groups in total. The summed E-state index contributed by atoms with van der Waals surface area (Å²) in [4.78, 5) is 13.8. The first-order valence-corrected chi connectivity index (χ1v) is 4.04. The third-order valence-corrected chi connectivity index (χ3v) is 1.44. The number of nitrogens with one attached hydrogen (secondary N) is 2. The van der Waals surface area contributed by atoms with E-state index in [2.05, 4.69) is 15.5 Å².